The van der Waals surface area contributed by atoms with Crippen molar-refractivity contribution in [3.63, 3.8) is 0 Å². The highest BCUT2D eigenvalue weighted by Crippen LogP contribution is 2.20. The summed E-state index contributed by atoms with van der Waals surface area (Å²) >= 11 is 0. The second-order valence-corrected chi connectivity index (χ2v) is 3.37. The molecule has 0 aliphatic heterocycles. The number of esters is 1. The first-order chi connectivity index (χ1) is 7.58. The zero-order valence-electron chi connectivity index (χ0n) is 9.32. The molecule has 0 heterocycles. The van der Waals surface area contributed by atoms with Crippen LogP contribution in [0.1, 0.15) is 29.3 Å². The second-order valence-electron chi connectivity index (χ2n) is 3.37. The molecule has 4 nitrogen and oxygen atoms in total. The van der Waals surface area contributed by atoms with Gasteiger partial charge in [0.2, 0.25) is 0 Å². The highest BCUT2D eigenvalue weighted by Gasteiger charge is 2.11. The summed E-state index contributed by atoms with van der Waals surface area (Å²) in [6.07, 6.45) is 0.357. The van der Waals surface area contributed by atoms with E-state index in [1.165, 1.54) is 19.2 Å². The van der Waals surface area contributed by atoms with Crippen molar-refractivity contribution in [2.45, 2.75) is 19.8 Å². The molecule has 0 unspecified atom stereocenters. The van der Waals surface area contributed by atoms with E-state index >= 15 is 0 Å². The van der Waals surface area contributed by atoms with Crippen LogP contribution in [0.15, 0.2) is 18.2 Å². The highest BCUT2D eigenvalue weighted by atomic mass is 16.5. The van der Waals surface area contributed by atoms with E-state index in [0.29, 0.717) is 17.5 Å². The molecule has 0 aliphatic carbocycles. The van der Waals surface area contributed by atoms with Crippen LogP contribution < -0.4 is 0 Å². The number of rotatable bonds is 4. The first-order valence-electron chi connectivity index (χ1n) is 5.00. The Morgan fingerprint density at radius 2 is 2.06 bits per heavy atom. The Balaban J connectivity index is 2.99. The van der Waals surface area contributed by atoms with Crippen molar-refractivity contribution in [1.29, 1.82) is 0 Å². The molecule has 0 aliphatic rings. The average Bonchev–Trinajstić information content (AvgIpc) is 2.30. The molecular weight excluding hydrogens is 208 g/mol. The smallest absolute Gasteiger partial charge is 0.310 e. The lowest BCUT2D eigenvalue weighted by molar-refractivity contribution is -0.139. The van der Waals surface area contributed by atoms with Gasteiger partial charge in [-0.1, -0.05) is 6.92 Å². The van der Waals surface area contributed by atoms with Crippen LogP contribution in [0.5, 0.6) is 5.75 Å². The molecule has 0 spiro atoms. The fourth-order valence-corrected chi connectivity index (χ4v) is 1.33. The molecule has 0 bridgehead atoms. The molecule has 0 radical (unpaired) electrons. The summed E-state index contributed by atoms with van der Waals surface area (Å²) in [4.78, 5) is 22.5. The minimum absolute atomic E-state index is 0.00180. The maximum absolute atomic E-state index is 11.4. The van der Waals surface area contributed by atoms with E-state index in [-0.39, 0.29) is 18.0 Å². The summed E-state index contributed by atoms with van der Waals surface area (Å²) in [5.74, 6) is -0.472. The van der Waals surface area contributed by atoms with Gasteiger partial charge in [0.25, 0.3) is 0 Å². The number of Topliss-reactive ketones (excluding diaryl/α,β-unsaturated/α-hetero) is 1. The molecule has 1 aromatic carbocycles. The summed E-state index contributed by atoms with van der Waals surface area (Å²) in [6, 6.07) is 4.49. The molecule has 16 heavy (non-hydrogen) atoms. The number of ketones is 1. The second kappa shape index (κ2) is 5.30. The number of hydrogen-bond donors (Lipinski definition) is 1. The van der Waals surface area contributed by atoms with Crippen molar-refractivity contribution < 1.29 is 19.4 Å². The Kier molecular flexibility index (Phi) is 4.05. The van der Waals surface area contributed by atoms with Crippen LogP contribution in [0.3, 0.4) is 0 Å². The molecule has 86 valence electrons. The van der Waals surface area contributed by atoms with Gasteiger partial charge in [-0.25, -0.2) is 0 Å². The molecule has 1 aromatic rings. The van der Waals surface area contributed by atoms with Gasteiger partial charge in [0.1, 0.15) is 5.75 Å². The van der Waals surface area contributed by atoms with E-state index in [9.17, 15) is 14.7 Å². The number of methoxy groups -OCH3 is 1. The molecule has 0 atom stereocenters. The predicted molar refractivity (Wildman–Crippen MR) is 58.4 cm³/mol. The Bertz CT molecular complexity index is 409. The van der Waals surface area contributed by atoms with Gasteiger partial charge in [-0.3, -0.25) is 9.59 Å². The van der Waals surface area contributed by atoms with Crippen molar-refractivity contribution in [3.05, 3.63) is 29.3 Å². The minimum atomic E-state index is -0.448. The Labute approximate surface area is 93.9 Å². The summed E-state index contributed by atoms with van der Waals surface area (Å²) in [6.45, 7) is 1.76. The predicted octanol–water partition coefficient (Wildman–Crippen LogP) is 1.70. The van der Waals surface area contributed by atoms with Crippen molar-refractivity contribution in [2.75, 3.05) is 7.11 Å². The van der Waals surface area contributed by atoms with Crippen LogP contribution >= 0.6 is 0 Å². The molecule has 0 fully saturated rings. The van der Waals surface area contributed by atoms with Gasteiger partial charge in [0, 0.05) is 17.5 Å². The van der Waals surface area contributed by atoms with Crippen LogP contribution in [0.2, 0.25) is 0 Å². The number of benzene rings is 1. The number of phenolic OH excluding ortho intramolecular Hbond substituents is 1. The van der Waals surface area contributed by atoms with E-state index < -0.39 is 5.97 Å². The monoisotopic (exact) mass is 222 g/mol. The van der Waals surface area contributed by atoms with Crippen molar-refractivity contribution in [2.24, 2.45) is 0 Å². The third-order valence-corrected chi connectivity index (χ3v) is 2.29. The molecule has 0 saturated heterocycles. The van der Waals surface area contributed by atoms with E-state index in [4.69, 9.17) is 0 Å². The molecular formula is C12H14O4. The highest BCUT2D eigenvalue weighted by molar-refractivity contribution is 5.96. The summed E-state index contributed by atoms with van der Waals surface area (Å²) in [7, 11) is 1.28. The van der Waals surface area contributed by atoms with Crippen LogP contribution in [-0.2, 0) is 16.0 Å². The normalized spacial score (nSPS) is 9.88. The lowest BCUT2D eigenvalue weighted by atomic mass is 10.0. The van der Waals surface area contributed by atoms with Gasteiger partial charge < -0.3 is 9.84 Å². The van der Waals surface area contributed by atoms with Gasteiger partial charge in [0.15, 0.2) is 5.78 Å². The minimum Gasteiger partial charge on any atom is -0.508 e. The topological polar surface area (TPSA) is 63.6 Å². The van der Waals surface area contributed by atoms with E-state index in [2.05, 4.69) is 4.74 Å². The molecule has 1 N–H and O–H groups in total. The van der Waals surface area contributed by atoms with Gasteiger partial charge in [-0.15, -0.1) is 0 Å². The zero-order chi connectivity index (χ0) is 12.1. The first-order valence-corrected chi connectivity index (χ1v) is 5.00. The SMILES string of the molecule is CCC(=O)c1ccc(O)c(CC(=O)OC)c1. The number of hydrogen-bond acceptors (Lipinski definition) is 4. The third kappa shape index (κ3) is 2.82. The fourth-order valence-electron chi connectivity index (χ4n) is 1.33. The van der Waals surface area contributed by atoms with E-state index in [1.54, 1.807) is 13.0 Å². The first kappa shape index (κ1) is 12.2. The summed E-state index contributed by atoms with van der Waals surface area (Å²) in [5, 5.41) is 9.51. The summed E-state index contributed by atoms with van der Waals surface area (Å²) < 4.78 is 4.50. The van der Waals surface area contributed by atoms with E-state index in [1.807, 2.05) is 0 Å². The maximum atomic E-state index is 11.4. The van der Waals surface area contributed by atoms with Crippen LogP contribution in [0.25, 0.3) is 0 Å². The molecule has 4 heteroatoms. The zero-order valence-corrected chi connectivity index (χ0v) is 9.32. The van der Waals surface area contributed by atoms with E-state index in [0.717, 1.165) is 0 Å². The third-order valence-electron chi connectivity index (χ3n) is 2.29. The van der Waals surface area contributed by atoms with Crippen LogP contribution in [0.4, 0.5) is 0 Å². The lowest BCUT2D eigenvalue weighted by Crippen LogP contribution is -2.06. The standard InChI is InChI=1S/C12H14O4/c1-3-10(13)8-4-5-11(14)9(6-8)7-12(15)16-2/h4-6,14H,3,7H2,1-2H3. The van der Waals surface area contributed by atoms with Gasteiger partial charge >= 0.3 is 5.97 Å². The van der Waals surface area contributed by atoms with Gasteiger partial charge in [0.05, 0.1) is 13.5 Å². The maximum Gasteiger partial charge on any atom is 0.310 e. The number of ether oxygens (including phenoxy) is 1. The Morgan fingerprint density at radius 1 is 1.38 bits per heavy atom. The number of aromatic hydroxyl groups is 1. The van der Waals surface area contributed by atoms with Crippen LogP contribution in [0, 0.1) is 0 Å². The fraction of sp³-hybridized carbons (Fsp3) is 0.333. The number of phenols is 1. The number of carbonyl (C=O) groups is 2. The van der Waals surface area contributed by atoms with Gasteiger partial charge in [-0.05, 0) is 18.2 Å². The van der Waals surface area contributed by atoms with Gasteiger partial charge in [-0.2, -0.15) is 0 Å². The molecule has 0 aromatic heterocycles. The lowest BCUT2D eigenvalue weighted by Gasteiger charge is -2.05. The molecule has 0 saturated carbocycles. The Hall–Kier alpha value is -1.84. The number of carbonyl (C=O) groups excluding carboxylic acids is 2. The average molecular weight is 222 g/mol. The largest absolute Gasteiger partial charge is 0.508 e. The van der Waals surface area contributed by atoms with Crippen molar-refractivity contribution in [3.8, 4) is 5.75 Å². The van der Waals surface area contributed by atoms with Crippen molar-refractivity contribution in [1.82, 2.24) is 0 Å². The van der Waals surface area contributed by atoms with Crippen molar-refractivity contribution >= 4 is 11.8 Å². The van der Waals surface area contributed by atoms with Crippen LogP contribution in [-0.4, -0.2) is 24.0 Å². The Morgan fingerprint density at radius 3 is 2.62 bits per heavy atom. The molecule has 0 amide bonds. The molecule has 1 rings (SSSR count). The summed E-state index contributed by atoms with van der Waals surface area (Å²) in [5.41, 5.74) is 0.908. The quantitative estimate of drug-likeness (QED) is 0.622.